The lowest BCUT2D eigenvalue weighted by Gasteiger charge is -2.13. The summed E-state index contributed by atoms with van der Waals surface area (Å²) in [6, 6.07) is 19.5. The van der Waals surface area contributed by atoms with Crippen molar-refractivity contribution in [3.8, 4) is 11.5 Å². The summed E-state index contributed by atoms with van der Waals surface area (Å²) >= 11 is 0. The van der Waals surface area contributed by atoms with Crippen LogP contribution in [0.15, 0.2) is 66.7 Å². The molecule has 1 aliphatic rings. The molecule has 0 unspecified atom stereocenters. The number of hydrogen-bond acceptors (Lipinski definition) is 3. The lowest BCUT2D eigenvalue weighted by Crippen LogP contribution is -2.25. The highest BCUT2D eigenvalue weighted by Crippen LogP contribution is 2.38. The number of nitrogens with zero attached hydrogens (tertiary/aromatic N) is 1. The van der Waals surface area contributed by atoms with Crippen molar-refractivity contribution in [2.75, 3.05) is 18.6 Å². The van der Waals surface area contributed by atoms with E-state index in [0.29, 0.717) is 30.2 Å². The van der Waals surface area contributed by atoms with Gasteiger partial charge in [0.2, 0.25) is 0 Å². The van der Waals surface area contributed by atoms with Crippen molar-refractivity contribution < 1.29 is 18.7 Å². The lowest BCUT2D eigenvalue weighted by atomic mass is 10.0. The number of carbonyl (C=O) groups is 1. The Kier molecular flexibility index (Phi) is 5.53. The Hall–Kier alpha value is -3.60. The summed E-state index contributed by atoms with van der Waals surface area (Å²) in [4.78, 5) is 14.7. The maximum Gasteiger partial charge on any atom is 0.258 e. The smallest absolute Gasteiger partial charge is 0.258 e. The molecule has 152 valence electrons. The predicted molar refractivity (Wildman–Crippen MR) is 116 cm³/mol. The number of likely N-dealkylation sites (N-methyl/N-ethyl adjacent to an activating group) is 1. The van der Waals surface area contributed by atoms with Crippen molar-refractivity contribution in [1.29, 1.82) is 0 Å². The molecule has 0 saturated carbocycles. The Bertz CT molecular complexity index is 1110. The van der Waals surface area contributed by atoms with Crippen molar-refractivity contribution >= 4 is 23.2 Å². The Morgan fingerprint density at radius 3 is 2.50 bits per heavy atom. The van der Waals surface area contributed by atoms with Gasteiger partial charge in [-0.05, 0) is 54.5 Å². The number of halogens is 1. The number of ether oxygens (including phenoxy) is 2. The Morgan fingerprint density at radius 2 is 1.77 bits per heavy atom. The minimum atomic E-state index is -0.279. The maximum absolute atomic E-state index is 13.1. The number of fused-ring (bicyclic) bond motifs is 1. The van der Waals surface area contributed by atoms with Crippen LogP contribution in [0.4, 0.5) is 10.1 Å². The van der Waals surface area contributed by atoms with Crippen LogP contribution in [0.25, 0.3) is 11.6 Å². The molecule has 0 aliphatic carbocycles. The standard InChI is InChI=1S/C25H22FNO3/c1-3-27-22-7-5-4-6-20(22)21(25(27)28)14-18-10-13-23(24(15-18)29-2)30-16-17-8-11-19(26)12-9-17/h4-15H,3,16H2,1-2H3/b21-14-. The first-order valence-electron chi connectivity index (χ1n) is 9.79. The summed E-state index contributed by atoms with van der Waals surface area (Å²) in [7, 11) is 1.58. The van der Waals surface area contributed by atoms with Crippen LogP contribution in [0, 0.1) is 5.82 Å². The second kappa shape index (κ2) is 8.41. The molecule has 1 amide bonds. The van der Waals surface area contributed by atoms with Gasteiger partial charge in [0.25, 0.3) is 5.91 Å². The number of methoxy groups -OCH3 is 1. The zero-order valence-corrected chi connectivity index (χ0v) is 16.9. The highest BCUT2D eigenvalue weighted by atomic mass is 19.1. The third-order valence-corrected chi connectivity index (χ3v) is 5.08. The lowest BCUT2D eigenvalue weighted by molar-refractivity contribution is -0.112. The summed E-state index contributed by atoms with van der Waals surface area (Å²) in [5.74, 6) is 0.863. The van der Waals surface area contributed by atoms with Crippen LogP contribution in [0.5, 0.6) is 11.5 Å². The molecule has 1 aliphatic heterocycles. The van der Waals surface area contributed by atoms with Gasteiger partial charge < -0.3 is 14.4 Å². The Balaban J connectivity index is 1.60. The number of benzene rings is 3. The molecular weight excluding hydrogens is 381 g/mol. The first-order chi connectivity index (χ1) is 14.6. The largest absolute Gasteiger partial charge is 0.493 e. The normalized spacial score (nSPS) is 14.2. The molecule has 1 heterocycles. The SMILES string of the molecule is CCN1C(=O)/C(=C\c2ccc(OCc3ccc(F)cc3)c(OC)c2)c2ccccc21. The minimum absolute atomic E-state index is 0.00527. The van der Waals surface area contributed by atoms with Gasteiger partial charge in [-0.2, -0.15) is 0 Å². The van der Waals surface area contributed by atoms with E-state index in [2.05, 4.69) is 0 Å². The van der Waals surface area contributed by atoms with Gasteiger partial charge in [0, 0.05) is 17.7 Å². The molecule has 4 rings (SSSR count). The first-order valence-corrected chi connectivity index (χ1v) is 9.79. The zero-order chi connectivity index (χ0) is 21.1. The van der Waals surface area contributed by atoms with E-state index in [4.69, 9.17) is 9.47 Å². The summed E-state index contributed by atoms with van der Waals surface area (Å²) in [6.07, 6.45) is 1.88. The Labute approximate surface area is 175 Å². The van der Waals surface area contributed by atoms with E-state index in [1.165, 1.54) is 12.1 Å². The van der Waals surface area contributed by atoms with E-state index in [9.17, 15) is 9.18 Å². The summed E-state index contributed by atoms with van der Waals surface area (Å²) in [5, 5.41) is 0. The van der Waals surface area contributed by atoms with E-state index in [1.807, 2.05) is 55.5 Å². The predicted octanol–water partition coefficient (Wildman–Crippen LogP) is 5.32. The molecule has 3 aromatic carbocycles. The summed E-state index contributed by atoms with van der Waals surface area (Å²) < 4.78 is 24.4. The van der Waals surface area contributed by atoms with Gasteiger partial charge in [-0.3, -0.25) is 4.79 Å². The second-order valence-corrected chi connectivity index (χ2v) is 6.95. The molecule has 0 N–H and O–H groups in total. The summed E-state index contributed by atoms with van der Waals surface area (Å²) in [5.41, 5.74) is 4.23. The fourth-order valence-electron chi connectivity index (χ4n) is 3.56. The molecule has 5 heteroatoms. The molecule has 0 fully saturated rings. The average Bonchev–Trinajstić information content (AvgIpc) is 3.04. The number of para-hydroxylation sites is 1. The van der Waals surface area contributed by atoms with Crippen LogP contribution >= 0.6 is 0 Å². The molecule has 0 aromatic heterocycles. The van der Waals surface area contributed by atoms with Crippen LogP contribution in [0.3, 0.4) is 0 Å². The Morgan fingerprint density at radius 1 is 1.00 bits per heavy atom. The number of anilines is 1. The van der Waals surface area contributed by atoms with Crippen molar-refractivity contribution in [2.24, 2.45) is 0 Å². The van der Waals surface area contributed by atoms with Gasteiger partial charge in [-0.25, -0.2) is 4.39 Å². The fraction of sp³-hybridized carbons (Fsp3) is 0.160. The third-order valence-electron chi connectivity index (χ3n) is 5.08. The number of amides is 1. The highest BCUT2D eigenvalue weighted by molar-refractivity contribution is 6.35. The van der Waals surface area contributed by atoms with Crippen LogP contribution in [0.2, 0.25) is 0 Å². The molecule has 4 nitrogen and oxygen atoms in total. The fourth-order valence-corrected chi connectivity index (χ4v) is 3.56. The average molecular weight is 403 g/mol. The van der Waals surface area contributed by atoms with Crippen molar-refractivity contribution in [2.45, 2.75) is 13.5 Å². The monoisotopic (exact) mass is 403 g/mol. The minimum Gasteiger partial charge on any atom is -0.493 e. The molecule has 0 radical (unpaired) electrons. The van der Waals surface area contributed by atoms with Gasteiger partial charge in [-0.15, -0.1) is 0 Å². The molecule has 3 aromatic rings. The topological polar surface area (TPSA) is 38.8 Å². The molecular formula is C25H22FNO3. The van der Waals surface area contributed by atoms with Crippen LogP contribution in [-0.2, 0) is 11.4 Å². The molecule has 0 saturated heterocycles. The van der Waals surface area contributed by atoms with E-state index in [1.54, 1.807) is 24.1 Å². The van der Waals surface area contributed by atoms with Crippen molar-refractivity contribution in [3.05, 3.63) is 89.2 Å². The number of rotatable bonds is 6. The maximum atomic E-state index is 13.1. The van der Waals surface area contributed by atoms with Crippen molar-refractivity contribution in [3.63, 3.8) is 0 Å². The molecule has 30 heavy (non-hydrogen) atoms. The van der Waals surface area contributed by atoms with Gasteiger partial charge in [0.1, 0.15) is 12.4 Å². The summed E-state index contributed by atoms with van der Waals surface area (Å²) in [6.45, 7) is 2.88. The quantitative estimate of drug-likeness (QED) is 0.523. The number of carbonyl (C=O) groups excluding carboxylic acids is 1. The van der Waals surface area contributed by atoms with Gasteiger partial charge >= 0.3 is 0 Å². The van der Waals surface area contributed by atoms with E-state index >= 15 is 0 Å². The zero-order valence-electron chi connectivity index (χ0n) is 16.9. The second-order valence-electron chi connectivity index (χ2n) is 6.95. The first kappa shape index (κ1) is 19.7. The van der Waals surface area contributed by atoms with E-state index < -0.39 is 0 Å². The molecule has 0 spiro atoms. The van der Waals surface area contributed by atoms with Gasteiger partial charge in [0.05, 0.1) is 12.8 Å². The van der Waals surface area contributed by atoms with Crippen LogP contribution in [-0.4, -0.2) is 19.6 Å². The van der Waals surface area contributed by atoms with Crippen molar-refractivity contribution in [1.82, 2.24) is 0 Å². The van der Waals surface area contributed by atoms with E-state index in [-0.39, 0.29) is 11.7 Å². The highest BCUT2D eigenvalue weighted by Gasteiger charge is 2.30. The molecule has 0 atom stereocenters. The van der Waals surface area contributed by atoms with Crippen LogP contribution in [0.1, 0.15) is 23.6 Å². The van der Waals surface area contributed by atoms with Crippen LogP contribution < -0.4 is 14.4 Å². The number of hydrogen-bond donors (Lipinski definition) is 0. The van der Waals surface area contributed by atoms with E-state index in [0.717, 1.165) is 22.4 Å². The molecule has 0 bridgehead atoms. The van der Waals surface area contributed by atoms with Gasteiger partial charge in [0.15, 0.2) is 11.5 Å². The third kappa shape index (κ3) is 3.79. The van der Waals surface area contributed by atoms with Gasteiger partial charge in [-0.1, -0.05) is 36.4 Å².